The lowest BCUT2D eigenvalue weighted by atomic mass is 9.89. The minimum atomic E-state index is -0.0984. The highest BCUT2D eigenvalue weighted by molar-refractivity contribution is 6.18. The number of benzene rings is 4. The molecule has 0 amide bonds. The fraction of sp³-hybridized carbons (Fsp3) is 0.179. The highest BCUT2D eigenvalue weighted by atomic mass is 15.4. The number of aromatic nitrogens is 1. The van der Waals surface area contributed by atoms with E-state index in [-0.39, 0.29) is 5.66 Å². The number of fused-ring (bicyclic) bond motifs is 2. The summed E-state index contributed by atoms with van der Waals surface area (Å²) in [5.41, 5.74) is 7.05. The Kier molecular flexibility index (Phi) is 3.64. The summed E-state index contributed by atoms with van der Waals surface area (Å²) in [5, 5.41) is 4.99. The molecule has 5 aromatic rings. The molecule has 0 bridgehead atoms. The molecule has 2 heterocycles. The standard InChI is InChI=1S/C28H25N3/c1-28(2)30(3)24-15-9-12-18-19(16-17-25(27(18)24)31(28)4)26-20-10-5-7-13-22(20)29-23-14-8-6-11-21(23)26/h5-17H,1-4H3. The van der Waals surface area contributed by atoms with Gasteiger partial charge in [-0.2, -0.15) is 0 Å². The SMILES string of the molecule is CN1c2cccc3c(-c4c5ccccc5nc5ccccc45)ccc(c23)N(C)C1(C)C. The van der Waals surface area contributed by atoms with Gasteiger partial charge in [-0.3, -0.25) is 0 Å². The Morgan fingerprint density at radius 1 is 0.613 bits per heavy atom. The predicted octanol–water partition coefficient (Wildman–Crippen LogP) is 6.83. The molecule has 1 aromatic heterocycles. The highest BCUT2D eigenvalue weighted by Gasteiger charge is 2.36. The van der Waals surface area contributed by atoms with Gasteiger partial charge in [-0.25, -0.2) is 4.98 Å². The summed E-state index contributed by atoms with van der Waals surface area (Å²) in [5.74, 6) is 0. The molecular formula is C28H25N3. The topological polar surface area (TPSA) is 19.4 Å². The maximum absolute atomic E-state index is 4.93. The Morgan fingerprint density at radius 2 is 1.16 bits per heavy atom. The number of para-hydroxylation sites is 2. The second-order valence-electron chi connectivity index (χ2n) is 8.97. The Bertz CT molecular complexity index is 1430. The van der Waals surface area contributed by atoms with Crippen molar-refractivity contribution >= 4 is 44.0 Å². The van der Waals surface area contributed by atoms with Crippen LogP contribution in [0, 0.1) is 0 Å². The van der Waals surface area contributed by atoms with Crippen LogP contribution in [-0.2, 0) is 0 Å². The summed E-state index contributed by atoms with van der Waals surface area (Å²) in [7, 11) is 4.39. The third kappa shape index (κ3) is 2.37. The number of rotatable bonds is 1. The van der Waals surface area contributed by atoms with Gasteiger partial charge in [-0.15, -0.1) is 0 Å². The summed E-state index contributed by atoms with van der Waals surface area (Å²) >= 11 is 0. The van der Waals surface area contributed by atoms with Crippen molar-refractivity contribution < 1.29 is 0 Å². The molecule has 0 unspecified atom stereocenters. The maximum atomic E-state index is 4.93. The number of hydrogen-bond acceptors (Lipinski definition) is 3. The van der Waals surface area contributed by atoms with E-state index < -0.39 is 0 Å². The zero-order valence-corrected chi connectivity index (χ0v) is 18.3. The van der Waals surface area contributed by atoms with Crippen LogP contribution in [0.3, 0.4) is 0 Å². The summed E-state index contributed by atoms with van der Waals surface area (Å²) in [6, 6.07) is 28.3. The molecule has 152 valence electrons. The lowest BCUT2D eigenvalue weighted by Crippen LogP contribution is -2.56. The Hall–Kier alpha value is -3.59. The number of nitrogens with zero attached hydrogens (tertiary/aromatic N) is 3. The van der Waals surface area contributed by atoms with E-state index in [0.717, 1.165) is 11.0 Å². The van der Waals surface area contributed by atoms with Gasteiger partial charge in [-0.05, 0) is 49.1 Å². The van der Waals surface area contributed by atoms with Crippen molar-refractivity contribution in [1.29, 1.82) is 0 Å². The first-order valence-corrected chi connectivity index (χ1v) is 10.8. The van der Waals surface area contributed by atoms with E-state index in [1.54, 1.807) is 0 Å². The van der Waals surface area contributed by atoms with E-state index in [4.69, 9.17) is 4.98 Å². The van der Waals surface area contributed by atoms with Gasteiger partial charge in [0.2, 0.25) is 0 Å². The molecule has 31 heavy (non-hydrogen) atoms. The van der Waals surface area contributed by atoms with Crippen LogP contribution < -0.4 is 9.80 Å². The van der Waals surface area contributed by atoms with Crippen molar-refractivity contribution in [1.82, 2.24) is 4.98 Å². The van der Waals surface area contributed by atoms with Crippen LogP contribution in [-0.4, -0.2) is 24.7 Å². The summed E-state index contributed by atoms with van der Waals surface area (Å²) in [6.07, 6.45) is 0. The molecule has 0 spiro atoms. The molecule has 4 aromatic carbocycles. The smallest absolute Gasteiger partial charge is 0.106 e. The highest BCUT2D eigenvalue weighted by Crippen LogP contribution is 2.48. The number of anilines is 2. The summed E-state index contributed by atoms with van der Waals surface area (Å²) < 4.78 is 0. The lowest BCUT2D eigenvalue weighted by molar-refractivity contribution is 0.474. The first-order valence-electron chi connectivity index (χ1n) is 10.8. The van der Waals surface area contributed by atoms with Gasteiger partial charge in [0, 0.05) is 47.2 Å². The van der Waals surface area contributed by atoms with Crippen LogP contribution in [0.4, 0.5) is 11.4 Å². The largest absolute Gasteiger partial charge is 0.352 e. The molecule has 0 N–H and O–H groups in total. The monoisotopic (exact) mass is 403 g/mol. The van der Waals surface area contributed by atoms with Gasteiger partial charge < -0.3 is 9.80 Å². The Labute approximate surface area is 182 Å². The molecule has 0 radical (unpaired) electrons. The average molecular weight is 404 g/mol. The second-order valence-corrected chi connectivity index (χ2v) is 8.97. The van der Waals surface area contributed by atoms with Crippen LogP contribution in [0.5, 0.6) is 0 Å². The minimum absolute atomic E-state index is 0.0984. The van der Waals surface area contributed by atoms with E-state index in [1.165, 1.54) is 44.0 Å². The van der Waals surface area contributed by atoms with Gasteiger partial charge in [-0.1, -0.05) is 54.6 Å². The normalized spacial score (nSPS) is 15.2. The zero-order valence-electron chi connectivity index (χ0n) is 18.3. The van der Waals surface area contributed by atoms with E-state index in [9.17, 15) is 0 Å². The fourth-order valence-corrected chi connectivity index (χ4v) is 5.09. The molecule has 0 aliphatic carbocycles. The molecule has 0 fully saturated rings. The van der Waals surface area contributed by atoms with Crippen molar-refractivity contribution in [3.05, 3.63) is 78.9 Å². The van der Waals surface area contributed by atoms with Crippen LogP contribution in [0.15, 0.2) is 78.9 Å². The molecule has 3 nitrogen and oxygen atoms in total. The summed E-state index contributed by atoms with van der Waals surface area (Å²) in [4.78, 5) is 9.70. The van der Waals surface area contributed by atoms with Crippen LogP contribution in [0.1, 0.15) is 13.8 Å². The first kappa shape index (κ1) is 18.2. The van der Waals surface area contributed by atoms with Crippen molar-refractivity contribution in [2.24, 2.45) is 0 Å². The van der Waals surface area contributed by atoms with Gasteiger partial charge in [0.1, 0.15) is 5.66 Å². The van der Waals surface area contributed by atoms with E-state index in [1.807, 2.05) is 0 Å². The van der Waals surface area contributed by atoms with Crippen molar-refractivity contribution in [2.75, 3.05) is 23.9 Å². The first-order chi connectivity index (χ1) is 15.0. The third-order valence-electron chi connectivity index (χ3n) is 7.22. The van der Waals surface area contributed by atoms with Crippen molar-refractivity contribution in [3.63, 3.8) is 0 Å². The van der Waals surface area contributed by atoms with Gasteiger partial charge >= 0.3 is 0 Å². The maximum Gasteiger partial charge on any atom is 0.106 e. The predicted molar refractivity (Wildman–Crippen MR) is 133 cm³/mol. The van der Waals surface area contributed by atoms with Gasteiger partial charge in [0.25, 0.3) is 0 Å². The third-order valence-corrected chi connectivity index (χ3v) is 7.22. The molecule has 0 saturated carbocycles. The van der Waals surface area contributed by atoms with E-state index >= 15 is 0 Å². The van der Waals surface area contributed by atoms with Gasteiger partial charge in [0.15, 0.2) is 0 Å². The lowest BCUT2D eigenvalue weighted by Gasteiger charge is -2.50. The Balaban J connectivity index is 1.78. The minimum Gasteiger partial charge on any atom is -0.352 e. The molecule has 1 aliphatic heterocycles. The molecule has 0 saturated heterocycles. The molecular weight excluding hydrogens is 378 g/mol. The van der Waals surface area contributed by atoms with Crippen LogP contribution in [0.25, 0.3) is 43.7 Å². The molecule has 1 aliphatic rings. The van der Waals surface area contributed by atoms with Gasteiger partial charge in [0.05, 0.1) is 11.0 Å². The second kappa shape index (κ2) is 6.21. The Morgan fingerprint density at radius 3 is 1.81 bits per heavy atom. The number of pyridine rings is 1. The quantitative estimate of drug-likeness (QED) is 0.286. The van der Waals surface area contributed by atoms with Crippen molar-refractivity contribution in [3.8, 4) is 11.1 Å². The molecule has 0 atom stereocenters. The average Bonchev–Trinajstić information content (AvgIpc) is 2.80. The van der Waals surface area contributed by atoms with Crippen molar-refractivity contribution in [2.45, 2.75) is 19.5 Å². The molecule has 6 rings (SSSR count). The zero-order chi connectivity index (χ0) is 21.3. The summed E-state index contributed by atoms with van der Waals surface area (Å²) in [6.45, 7) is 4.54. The fourth-order valence-electron chi connectivity index (χ4n) is 5.09. The molecule has 3 heteroatoms. The number of hydrogen-bond donors (Lipinski definition) is 0. The van der Waals surface area contributed by atoms with E-state index in [2.05, 4.69) is 117 Å². The van der Waals surface area contributed by atoms with Crippen LogP contribution >= 0.6 is 0 Å². The van der Waals surface area contributed by atoms with Crippen LogP contribution in [0.2, 0.25) is 0 Å². The van der Waals surface area contributed by atoms with E-state index in [0.29, 0.717) is 0 Å².